The lowest BCUT2D eigenvalue weighted by atomic mass is 10.1. The molecule has 3 N–H and O–H groups in total. The van der Waals surface area contributed by atoms with Gasteiger partial charge in [-0.15, -0.1) is 0 Å². The van der Waals surface area contributed by atoms with E-state index in [1.54, 1.807) is 4.90 Å². The topological polar surface area (TPSA) is 90.2 Å². The van der Waals surface area contributed by atoms with Crippen molar-refractivity contribution in [3.63, 3.8) is 0 Å². The van der Waals surface area contributed by atoms with Gasteiger partial charge in [-0.3, -0.25) is 9.69 Å². The van der Waals surface area contributed by atoms with Crippen LogP contribution in [-0.4, -0.2) is 71.7 Å². The molecular weight excluding hydrogens is 322 g/mol. The molecule has 0 aliphatic heterocycles. The lowest BCUT2D eigenvalue weighted by Crippen LogP contribution is -2.38. The molecule has 0 amide bonds. The number of carbonyl (C=O) groups is 1. The number of unbranched alkanes of at least 4 members (excludes halogenated alkanes) is 8. The van der Waals surface area contributed by atoms with Crippen molar-refractivity contribution < 1.29 is 24.9 Å². The van der Waals surface area contributed by atoms with E-state index in [0.29, 0.717) is 19.5 Å². The van der Waals surface area contributed by atoms with Crippen LogP contribution in [0, 0.1) is 0 Å². The second kappa shape index (κ2) is 18.1. The molecule has 0 spiro atoms. The lowest BCUT2D eigenvalue weighted by molar-refractivity contribution is -0.147. The zero-order chi connectivity index (χ0) is 18.8. The molecule has 25 heavy (non-hydrogen) atoms. The molecule has 0 bridgehead atoms. The summed E-state index contributed by atoms with van der Waals surface area (Å²) < 4.78 is 5.09. The molecule has 0 aromatic rings. The van der Waals surface area contributed by atoms with Crippen molar-refractivity contribution in [2.75, 3.05) is 39.5 Å². The van der Waals surface area contributed by atoms with E-state index in [1.165, 1.54) is 44.9 Å². The monoisotopic (exact) mass is 361 g/mol. The molecule has 0 rings (SSSR count). The highest BCUT2D eigenvalue weighted by molar-refractivity contribution is 5.69. The van der Waals surface area contributed by atoms with Gasteiger partial charge in [-0.1, -0.05) is 58.3 Å². The first kappa shape index (κ1) is 24.3. The minimum absolute atomic E-state index is 0.0366. The maximum atomic E-state index is 11.7. The van der Waals surface area contributed by atoms with Gasteiger partial charge in [0.25, 0.3) is 0 Å². The van der Waals surface area contributed by atoms with E-state index in [9.17, 15) is 9.90 Å². The third-order valence-electron chi connectivity index (χ3n) is 4.22. The molecule has 0 saturated carbocycles. The van der Waals surface area contributed by atoms with Gasteiger partial charge in [0, 0.05) is 26.1 Å². The molecule has 6 nitrogen and oxygen atoms in total. The molecule has 0 heterocycles. The molecule has 0 saturated heterocycles. The van der Waals surface area contributed by atoms with Crippen LogP contribution in [0.2, 0.25) is 0 Å². The van der Waals surface area contributed by atoms with Crippen molar-refractivity contribution in [2.45, 2.75) is 77.2 Å². The normalized spacial score (nSPS) is 12.5. The largest absolute Gasteiger partial charge is 0.463 e. The van der Waals surface area contributed by atoms with Crippen LogP contribution in [0.1, 0.15) is 71.1 Å². The van der Waals surface area contributed by atoms with Gasteiger partial charge in [0.2, 0.25) is 0 Å². The maximum Gasteiger partial charge on any atom is 0.305 e. The van der Waals surface area contributed by atoms with Crippen molar-refractivity contribution in [1.82, 2.24) is 4.90 Å². The fraction of sp³-hybridized carbons (Fsp3) is 0.947. The van der Waals surface area contributed by atoms with Crippen molar-refractivity contribution >= 4 is 5.97 Å². The number of aliphatic hydroxyl groups is 3. The first-order valence-electron chi connectivity index (χ1n) is 9.91. The molecule has 0 aromatic carbocycles. The predicted molar refractivity (Wildman–Crippen MR) is 99.4 cm³/mol. The Hall–Kier alpha value is -0.690. The second-order valence-corrected chi connectivity index (χ2v) is 6.66. The molecule has 0 aromatic heterocycles. The molecule has 1 unspecified atom stereocenters. The standard InChI is InChI=1S/C19H39NO5/c1-2-3-4-5-6-7-8-9-10-11-19(24)25-17-18(23)16-20(12-14-21)13-15-22/h18,21-23H,2-17H2,1H3. The van der Waals surface area contributed by atoms with E-state index in [0.717, 1.165) is 12.8 Å². The number of hydrogen-bond donors (Lipinski definition) is 3. The number of hydrogen-bond acceptors (Lipinski definition) is 6. The summed E-state index contributed by atoms with van der Waals surface area (Å²) in [6.45, 7) is 3.14. The number of esters is 1. The summed E-state index contributed by atoms with van der Waals surface area (Å²) in [5, 5.41) is 27.7. The van der Waals surface area contributed by atoms with Crippen LogP contribution in [-0.2, 0) is 9.53 Å². The van der Waals surface area contributed by atoms with Crippen LogP contribution in [0.4, 0.5) is 0 Å². The third-order valence-corrected chi connectivity index (χ3v) is 4.22. The van der Waals surface area contributed by atoms with E-state index < -0.39 is 6.10 Å². The Morgan fingerprint density at radius 3 is 1.96 bits per heavy atom. The number of nitrogens with zero attached hydrogens (tertiary/aromatic N) is 1. The van der Waals surface area contributed by atoms with Crippen LogP contribution in [0.15, 0.2) is 0 Å². The Bertz CT molecular complexity index is 296. The highest BCUT2D eigenvalue weighted by Gasteiger charge is 2.13. The Morgan fingerprint density at radius 1 is 0.920 bits per heavy atom. The van der Waals surface area contributed by atoms with E-state index in [4.69, 9.17) is 14.9 Å². The Kier molecular flexibility index (Phi) is 17.6. The molecular formula is C19H39NO5. The average Bonchev–Trinajstić information content (AvgIpc) is 2.59. The molecule has 0 aliphatic rings. The third kappa shape index (κ3) is 16.5. The van der Waals surface area contributed by atoms with Crippen LogP contribution in [0.25, 0.3) is 0 Å². The molecule has 1 atom stereocenters. The van der Waals surface area contributed by atoms with Gasteiger partial charge in [-0.05, 0) is 6.42 Å². The van der Waals surface area contributed by atoms with Crippen molar-refractivity contribution in [3.8, 4) is 0 Å². The van der Waals surface area contributed by atoms with E-state index in [-0.39, 0.29) is 32.3 Å². The van der Waals surface area contributed by atoms with Gasteiger partial charge in [0.1, 0.15) is 12.7 Å². The number of aliphatic hydroxyl groups excluding tert-OH is 3. The summed E-state index contributed by atoms with van der Waals surface area (Å²) >= 11 is 0. The SMILES string of the molecule is CCCCCCCCCCCC(=O)OCC(O)CN(CCO)CCO. The van der Waals surface area contributed by atoms with Gasteiger partial charge >= 0.3 is 5.97 Å². The van der Waals surface area contributed by atoms with Gasteiger partial charge in [0.15, 0.2) is 0 Å². The molecule has 6 heteroatoms. The quantitative estimate of drug-likeness (QED) is 0.256. The molecule has 0 aliphatic carbocycles. The molecule has 0 radical (unpaired) electrons. The minimum atomic E-state index is -0.801. The van der Waals surface area contributed by atoms with Crippen LogP contribution < -0.4 is 0 Å². The molecule has 0 fully saturated rings. The van der Waals surface area contributed by atoms with Gasteiger partial charge in [0.05, 0.1) is 13.2 Å². The van der Waals surface area contributed by atoms with Crippen LogP contribution >= 0.6 is 0 Å². The summed E-state index contributed by atoms with van der Waals surface area (Å²) in [6, 6.07) is 0. The van der Waals surface area contributed by atoms with Crippen molar-refractivity contribution in [3.05, 3.63) is 0 Å². The fourth-order valence-electron chi connectivity index (χ4n) is 2.77. The maximum absolute atomic E-state index is 11.7. The molecule has 150 valence electrons. The minimum Gasteiger partial charge on any atom is -0.463 e. The summed E-state index contributed by atoms with van der Waals surface area (Å²) in [7, 11) is 0. The highest BCUT2D eigenvalue weighted by Crippen LogP contribution is 2.10. The van der Waals surface area contributed by atoms with Gasteiger partial charge in [-0.2, -0.15) is 0 Å². The Balaban J connectivity index is 3.56. The first-order valence-corrected chi connectivity index (χ1v) is 9.91. The predicted octanol–water partition coefficient (Wildman–Crippen LogP) is 2.10. The van der Waals surface area contributed by atoms with Crippen molar-refractivity contribution in [1.29, 1.82) is 0 Å². The van der Waals surface area contributed by atoms with E-state index >= 15 is 0 Å². The van der Waals surface area contributed by atoms with E-state index in [1.807, 2.05) is 0 Å². The first-order chi connectivity index (χ1) is 12.1. The van der Waals surface area contributed by atoms with Crippen molar-refractivity contribution in [2.24, 2.45) is 0 Å². The summed E-state index contributed by atoms with van der Waals surface area (Å²) in [5.74, 6) is -0.266. The average molecular weight is 362 g/mol. The van der Waals surface area contributed by atoms with Gasteiger partial charge in [-0.25, -0.2) is 0 Å². The number of carbonyl (C=O) groups excluding carboxylic acids is 1. The summed E-state index contributed by atoms with van der Waals surface area (Å²) in [4.78, 5) is 13.4. The smallest absolute Gasteiger partial charge is 0.305 e. The fourth-order valence-corrected chi connectivity index (χ4v) is 2.77. The van der Waals surface area contributed by atoms with Gasteiger partial charge < -0.3 is 20.1 Å². The highest BCUT2D eigenvalue weighted by atomic mass is 16.5. The lowest BCUT2D eigenvalue weighted by Gasteiger charge is -2.23. The Morgan fingerprint density at radius 2 is 1.44 bits per heavy atom. The zero-order valence-corrected chi connectivity index (χ0v) is 16.0. The van der Waals surface area contributed by atoms with Crippen LogP contribution in [0.3, 0.4) is 0 Å². The number of ether oxygens (including phenoxy) is 1. The number of rotatable bonds is 18. The summed E-state index contributed by atoms with van der Waals surface area (Å²) in [5.41, 5.74) is 0. The van der Waals surface area contributed by atoms with Crippen LogP contribution in [0.5, 0.6) is 0 Å². The second-order valence-electron chi connectivity index (χ2n) is 6.66. The van der Waals surface area contributed by atoms with E-state index in [2.05, 4.69) is 6.92 Å². The Labute approximate surface area is 153 Å². The zero-order valence-electron chi connectivity index (χ0n) is 16.0. The summed E-state index contributed by atoms with van der Waals surface area (Å²) in [6.07, 6.45) is 10.4.